The van der Waals surface area contributed by atoms with Gasteiger partial charge in [0.05, 0.1) is 45.8 Å². The van der Waals surface area contributed by atoms with Crippen LogP contribution in [0.25, 0.3) is 61.4 Å². The first-order chi connectivity index (χ1) is 16.2. The van der Waals surface area contributed by atoms with Gasteiger partial charge in [-0.15, -0.1) is 5.10 Å². The molecule has 3 aromatic carbocycles. The van der Waals surface area contributed by atoms with Crippen molar-refractivity contribution in [3.05, 3.63) is 72.9 Å². The second-order valence-corrected chi connectivity index (χ2v) is 8.00. The number of hydrogen-bond acceptors (Lipinski definition) is 5. The lowest BCUT2D eigenvalue weighted by Gasteiger charge is -2.06. The van der Waals surface area contributed by atoms with Crippen LogP contribution in [-0.2, 0) is 0 Å². The minimum absolute atomic E-state index is 0.634. The van der Waals surface area contributed by atoms with Gasteiger partial charge in [-0.3, -0.25) is 5.10 Å². The number of fused-ring (bicyclic) bond motifs is 3. The summed E-state index contributed by atoms with van der Waals surface area (Å²) in [4.78, 5) is 20.3. The minimum atomic E-state index is 0.634. The van der Waals surface area contributed by atoms with Crippen LogP contribution in [0.5, 0.6) is 0 Å². The van der Waals surface area contributed by atoms with Crippen LogP contribution in [0.4, 0.5) is 0 Å². The summed E-state index contributed by atoms with van der Waals surface area (Å²) in [7, 11) is 0. The number of H-pyrrole nitrogens is 3. The van der Waals surface area contributed by atoms with Crippen molar-refractivity contribution in [2.24, 2.45) is 0 Å². The summed E-state index contributed by atoms with van der Waals surface area (Å²) >= 11 is 0. The number of aryl methyl sites for hydroxylation is 1. The molecule has 0 spiro atoms. The molecule has 0 unspecified atom stereocenters. The van der Waals surface area contributed by atoms with Crippen LogP contribution in [0.1, 0.15) is 5.82 Å². The Morgan fingerprint density at radius 1 is 0.818 bits per heavy atom. The van der Waals surface area contributed by atoms with Crippen LogP contribution >= 0.6 is 0 Å². The second-order valence-electron chi connectivity index (χ2n) is 8.00. The molecule has 0 aliphatic carbocycles. The van der Waals surface area contributed by atoms with Crippen LogP contribution in [0, 0.1) is 6.92 Å². The third-order valence-corrected chi connectivity index (χ3v) is 5.81. The van der Waals surface area contributed by atoms with Gasteiger partial charge in [0.25, 0.3) is 0 Å². The zero-order valence-electron chi connectivity index (χ0n) is 17.5. The molecular weight excluding hydrogens is 414 g/mol. The third-order valence-electron chi connectivity index (χ3n) is 5.81. The average molecular weight is 431 g/mol. The summed E-state index contributed by atoms with van der Waals surface area (Å²) in [6.07, 6.45) is 3.50. The van der Waals surface area contributed by atoms with Crippen molar-refractivity contribution in [2.75, 3.05) is 0 Å². The van der Waals surface area contributed by atoms with Gasteiger partial charge in [0.1, 0.15) is 5.82 Å². The molecule has 7 rings (SSSR count). The predicted molar refractivity (Wildman–Crippen MR) is 126 cm³/mol. The van der Waals surface area contributed by atoms with Crippen LogP contribution < -0.4 is 0 Å². The normalized spacial score (nSPS) is 11.8. The topological polar surface area (TPSA) is 117 Å². The van der Waals surface area contributed by atoms with E-state index in [1.165, 1.54) is 0 Å². The van der Waals surface area contributed by atoms with E-state index in [0.29, 0.717) is 5.82 Å². The molecule has 0 bridgehead atoms. The lowest BCUT2D eigenvalue weighted by Crippen LogP contribution is -1.99. The maximum Gasteiger partial charge on any atom is 0.182 e. The monoisotopic (exact) mass is 431 g/mol. The van der Waals surface area contributed by atoms with Crippen LogP contribution in [0.2, 0.25) is 0 Å². The van der Waals surface area contributed by atoms with Gasteiger partial charge in [-0.1, -0.05) is 0 Å². The van der Waals surface area contributed by atoms with Gasteiger partial charge >= 0.3 is 0 Å². The molecule has 4 aromatic heterocycles. The summed E-state index contributed by atoms with van der Waals surface area (Å²) in [5.41, 5.74) is 7.47. The second kappa shape index (κ2) is 6.60. The Hall–Kier alpha value is -4.79. The standard InChI is InChI=1S/C24H17N9/c1-13-28-20-6-3-15(10-22(20)29-13)24-30-23(14-2-5-19-21(9-14)26-12-25-19)32-33(24)17-4-7-18-16(8-17)11-27-31-18/h2-12H,1H3,(H,25,26)(H,27,31)(H,28,29). The predicted octanol–water partition coefficient (Wildman–Crippen LogP) is 4.54. The molecule has 0 amide bonds. The zero-order valence-corrected chi connectivity index (χ0v) is 17.5. The molecule has 0 saturated heterocycles. The molecule has 3 N–H and O–H groups in total. The van der Waals surface area contributed by atoms with Crippen molar-refractivity contribution in [2.45, 2.75) is 6.92 Å². The van der Waals surface area contributed by atoms with Gasteiger partial charge in [-0.05, 0) is 61.5 Å². The van der Waals surface area contributed by atoms with Gasteiger partial charge < -0.3 is 9.97 Å². The fourth-order valence-electron chi connectivity index (χ4n) is 4.21. The Morgan fingerprint density at radius 2 is 1.70 bits per heavy atom. The summed E-state index contributed by atoms with van der Waals surface area (Å²) in [5, 5.41) is 13.1. The highest BCUT2D eigenvalue weighted by Crippen LogP contribution is 2.29. The molecule has 33 heavy (non-hydrogen) atoms. The smallest absolute Gasteiger partial charge is 0.182 e. The van der Waals surface area contributed by atoms with E-state index in [0.717, 1.165) is 61.4 Å². The van der Waals surface area contributed by atoms with Gasteiger partial charge in [-0.2, -0.15) is 5.10 Å². The van der Waals surface area contributed by atoms with Crippen molar-refractivity contribution >= 4 is 33.0 Å². The van der Waals surface area contributed by atoms with Crippen LogP contribution in [-0.4, -0.2) is 44.9 Å². The summed E-state index contributed by atoms with van der Waals surface area (Å²) < 4.78 is 1.88. The van der Waals surface area contributed by atoms with Gasteiger partial charge in [0, 0.05) is 16.5 Å². The number of aromatic amines is 3. The molecule has 0 saturated carbocycles. The van der Waals surface area contributed by atoms with E-state index in [1.807, 2.05) is 60.3 Å². The quantitative estimate of drug-likeness (QED) is 0.380. The lowest BCUT2D eigenvalue weighted by atomic mass is 10.1. The zero-order chi connectivity index (χ0) is 21.9. The Bertz CT molecular complexity index is 1800. The van der Waals surface area contributed by atoms with Crippen molar-refractivity contribution in [1.82, 2.24) is 44.9 Å². The van der Waals surface area contributed by atoms with Crippen LogP contribution in [0.3, 0.4) is 0 Å². The fraction of sp³-hybridized carbons (Fsp3) is 0.0417. The van der Waals surface area contributed by atoms with E-state index in [4.69, 9.17) is 10.1 Å². The highest BCUT2D eigenvalue weighted by Gasteiger charge is 2.17. The van der Waals surface area contributed by atoms with E-state index in [2.05, 4.69) is 42.3 Å². The number of rotatable bonds is 3. The minimum Gasteiger partial charge on any atom is -0.345 e. The average Bonchev–Trinajstić information content (AvgIpc) is 3.62. The number of hydrogen-bond donors (Lipinski definition) is 3. The number of aromatic nitrogens is 9. The SMILES string of the molecule is Cc1nc2ccc(-c3nc(-c4ccc5nc[nH]c5c4)nn3-c3ccc4[nH]ncc4c3)cc2[nH]1. The first-order valence-corrected chi connectivity index (χ1v) is 10.5. The van der Waals surface area contributed by atoms with E-state index in [-0.39, 0.29) is 0 Å². The molecule has 0 aliphatic heterocycles. The fourth-order valence-corrected chi connectivity index (χ4v) is 4.21. The Balaban J connectivity index is 1.45. The third kappa shape index (κ3) is 2.83. The lowest BCUT2D eigenvalue weighted by molar-refractivity contribution is 0.892. The molecule has 9 heteroatoms. The van der Waals surface area contributed by atoms with Crippen molar-refractivity contribution in [1.29, 1.82) is 0 Å². The Kier molecular flexibility index (Phi) is 3.57. The van der Waals surface area contributed by atoms with Gasteiger partial charge in [-0.25, -0.2) is 19.6 Å². The number of imidazole rings is 2. The first-order valence-electron chi connectivity index (χ1n) is 10.5. The number of nitrogens with zero attached hydrogens (tertiary/aromatic N) is 6. The van der Waals surface area contributed by atoms with Crippen molar-refractivity contribution in [3.8, 4) is 28.5 Å². The molecular formula is C24H17N9. The van der Waals surface area contributed by atoms with E-state index < -0.39 is 0 Å². The summed E-state index contributed by atoms with van der Waals surface area (Å²) in [5.74, 6) is 2.25. The highest BCUT2D eigenvalue weighted by atomic mass is 15.4. The molecule has 158 valence electrons. The van der Waals surface area contributed by atoms with E-state index >= 15 is 0 Å². The van der Waals surface area contributed by atoms with Gasteiger partial charge in [0.2, 0.25) is 0 Å². The molecule has 0 radical (unpaired) electrons. The summed E-state index contributed by atoms with van der Waals surface area (Å²) in [6, 6.07) is 18.1. The Labute approximate surface area is 186 Å². The van der Waals surface area contributed by atoms with Crippen molar-refractivity contribution in [3.63, 3.8) is 0 Å². The molecule has 0 atom stereocenters. The molecule has 0 fully saturated rings. The van der Waals surface area contributed by atoms with E-state index in [1.54, 1.807) is 6.33 Å². The van der Waals surface area contributed by atoms with E-state index in [9.17, 15) is 0 Å². The van der Waals surface area contributed by atoms with Crippen LogP contribution in [0.15, 0.2) is 67.1 Å². The largest absolute Gasteiger partial charge is 0.345 e. The molecule has 7 aromatic rings. The summed E-state index contributed by atoms with van der Waals surface area (Å²) in [6.45, 7) is 1.95. The molecule has 4 heterocycles. The molecule has 0 aliphatic rings. The Morgan fingerprint density at radius 3 is 2.67 bits per heavy atom. The maximum absolute atomic E-state index is 4.96. The number of nitrogens with one attached hydrogen (secondary N) is 3. The maximum atomic E-state index is 4.96. The van der Waals surface area contributed by atoms with Gasteiger partial charge in [0.15, 0.2) is 11.6 Å². The van der Waals surface area contributed by atoms with Crippen molar-refractivity contribution < 1.29 is 0 Å². The highest BCUT2D eigenvalue weighted by molar-refractivity contribution is 5.84. The number of benzene rings is 3. The molecule has 9 nitrogen and oxygen atoms in total. The first kappa shape index (κ1) is 17.8.